The summed E-state index contributed by atoms with van der Waals surface area (Å²) in [4.78, 5) is 13.8. The highest BCUT2D eigenvalue weighted by Crippen LogP contribution is 2.20. The largest absolute Gasteiger partial charge is 0.463 e. The third-order valence-electron chi connectivity index (χ3n) is 3.55. The van der Waals surface area contributed by atoms with Gasteiger partial charge in [-0.05, 0) is 44.5 Å². The summed E-state index contributed by atoms with van der Waals surface area (Å²) in [7, 11) is 1.36. The fourth-order valence-electron chi connectivity index (χ4n) is 2.35. The van der Waals surface area contributed by atoms with Crippen molar-refractivity contribution in [3.63, 3.8) is 0 Å². The Morgan fingerprint density at radius 3 is 2.89 bits per heavy atom. The zero-order valence-electron chi connectivity index (χ0n) is 10.7. The topological polar surface area (TPSA) is 68.7 Å². The maximum atomic E-state index is 11.5. The minimum atomic E-state index is -0.410. The third kappa shape index (κ3) is 2.91. The van der Waals surface area contributed by atoms with Gasteiger partial charge in [-0.2, -0.15) is 0 Å². The van der Waals surface area contributed by atoms with E-state index in [4.69, 9.17) is 14.9 Å². The summed E-state index contributed by atoms with van der Waals surface area (Å²) in [5, 5.41) is 0. The number of ether oxygens (including phenoxy) is 1. The number of likely N-dealkylation sites (tertiary alicyclic amines) is 1. The first-order valence-corrected chi connectivity index (χ1v) is 6.31. The SMILES string of the molecule is COC(=O)c1occc1CN1CCC(CN)CC1. The molecule has 100 valence electrons. The second-order valence-electron chi connectivity index (χ2n) is 4.72. The van der Waals surface area contributed by atoms with Gasteiger partial charge in [0.15, 0.2) is 0 Å². The molecule has 0 unspecified atom stereocenters. The van der Waals surface area contributed by atoms with Crippen molar-refractivity contribution in [1.29, 1.82) is 0 Å². The van der Waals surface area contributed by atoms with Crippen molar-refractivity contribution in [3.8, 4) is 0 Å². The molecule has 1 aliphatic rings. The number of carbonyl (C=O) groups is 1. The van der Waals surface area contributed by atoms with Crippen LogP contribution in [0.2, 0.25) is 0 Å². The van der Waals surface area contributed by atoms with Crippen molar-refractivity contribution in [3.05, 3.63) is 23.7 Å². The molecule has 1 aromatic rings. The van der Waals surface area contributed by atoms with Crippen LogP contribution in [0.3, 0.4) is 0 Å². The highest BCUT2D eigenvalue weighted by Gasteiger charge is 2.21. The molecule has 1 aromatic heterocycles. The number of nitrogens with zero attached hydrogens (tertiary/aromatic N) is 1. The van der Waals surface area contributed by atoms with E-state index in [1.165, 1.54) is 13.4 Å². The van der Waals surface area contributed by atoms with Gasteiger partial charge in [-0.15, -0.1) is 0 Å². The molecule has 0 aromatic carbocycles. The Kier molecular flexibility index (Phi) is 4.38. The number of methoxy groups -OCH3 is 1. The zero-order chi connectivity index (χ0) is 13.0. The third-order valence-corrected chi connectivity index (χ3v) is 3.55. The molecule has 0 bridgehead atoms. The molecule has 1 saturated heterocycles. The van der Waals surface area contributed by atoms with Gasteiger partial charge in [-0.3, -0.25) is 4.90 Å². The Morgan fingerprint density at radius 1 is 1.56 bits per heavy atom. The maximum absolute atomic E-state index is 11.5. The Bertz CT molecular complexity index is 395. The predicted molar refractivity (Wildman–Crippen MR) is 67.1 cm³/mol. The standard InChI is InChI=1S/C13H20N2O3/c1-17-13(16)12-11(4-7-18-12)9-15-5-2-10(8-14)3-6-15/h4,7,10H,2-3,5-6,8-9,14H2,1H3. The van der Waals surface area contributed by atoms with Crippen molar-refractivity contribution in [2.75, 3.05) is 26.7 Å². The van der Waals surface area contributed by atoms with E-state index < -0.39 is 5.97 Å². The summed E-state index contributed by atoms with van der Waals surface area (Å²) >= 11 is 0. The number of piperidine rings is 1. The normalized spacial score (nSPS) is 17.9. The monoisotopic (exact) mass is 252 g/mol. The van der Waals surface area contributed by atoms with Gasteiger partial charge in [-0.1, -0.05) is 0 Å². The van der Waals surface area contributed by atoms with Crippen molar-refractivity contribution in [2.24, 2.45) is 11.7 Å². The Morgan fingerprint density at radius 2 is 2.28 bits per heavy atom. The van der Waals surface area contributed by atoms with Gasteiger partial charge in [0.25, 0.3) is 0 Å². The maximum Gasteiger partial charge on any atom is 0.374 e. The number of furan rings is 1. The van der Waals surface area contributed by atoms with E-state index in [-0.39, 0.29) is 0 Å². The number of rotatable bonds is 4. The summed E-state index contributed by atoms with van der Waals surface area (Å²) in [6.07, 6.45) is 3.79. The van der Waals surface area contributed by atoms with Crippen LogP contribution in [0.15, 0.2) is 16.7 Å². The first kappa shape index (κ1) is 13.1. The summed E-state index contributed by atoms with van der Waals surface area (Å²) in [6.45, 7) is 3.55. The zero-order valence-corrected chi connectivity index (χ0v) is 10.7. The lowest BCUT2D eigenvalue weighted by atomic mass is 9.97. The van der Waals surface area contributed by atoms with Crippen LogP contribution in [-0.4, -0.2) is 37.6 Å². The first-order valence-electron chi connectivity index (χ1n) is 6.31. The molecule has 5 nitrogen and oxygen atoms in total. The van der Waals surface area contributed by atoms with E-state index in [0.717, 1.165) is 44.6 Å². The minimum Gasteiger partial charge on any atom is -0.463 e. The van der Waals surface area contributed by atoms with E-state index in [1.807, 2.05) is 6.07 Å². The number of nitrogens with two attached hydrogens (primary N) is 1. The van der Waals surface area contributed by atoms with Gasteiger partial charge >= 0.3 is 5.97 Å². The molecule has 5 heteroatoms. The highest BCUT2D eigenvalue weighted by atomic mass is 16.5. The molecule has 0 atom stereocenters. The van der Waals surface area contributed by atoms with Crippen LogP contribution in [0, 0.1) is 5.92 Å². The minimum absolute atomic E-state index is 0.318. The molecule has 0 amide bonds. The molecule has 0 aliphatic carbocycles. The van der Waals surface area contributed by atoms with Gasteiger partial charge in [0.05, 0.1) is 13.4 Å². The summed E-state index contributed by atoms with van der Waals surface area (Å²) in [5.74, 6) is 0.552. The second kappa shape index (κ2) is 6.02. The molecule has 0 radical (unpaired) electrons. The predicted octanol–water partition coefficient (Wildman–Crippen LogP) is 1.24. The van der Waals surface area contributed by atoms with E-state index in [1.54, 1.807) is 0 Å². The van der Waals surface area contributed by atoms with Crippen molar-refractivity contribution < 1.29 is 13.9 Å². The van der Waals surface area contributed by atoms with Crippen molar-refractivity contribution in [1.82, 2.24) is 4.90 Å². The average molecular weight is 252 g/mol. The van der Waals surface area contributed by atoms with Gasteiger partial charge < -0.3 is 14.9 Å². The van der Waals surface area contributed by atoms with Crippen molar-refractivity contribution in [2.45, 2.75) is 19.4 Å². The highest BCUT2D eigenvalue weighted by molar-refractivity contribution is 5.87. The Hall–Kier alpha value is -1.33. The van der Waals surface area contributed by atoms with Crippen LogP contribution >= 0.6 is 0 Å². The quantitative estimate of drug-likeness (QED) is 0.816. The number of hydrogen-bond acceptors (Lipinski definition) is 5. The molecule has 0 saturated carbocycles. The number of carbonyl (C=O) groups excluding carboxylic acids is 1. The molecular formula is C13H20N2O3. The lowest BCUT2D eigenvalue weighted by molar-refractivity contribution is 0.0561. The molecule has 2 heterocycles. The van der Waals surface area contributed by atoms with Gasteiger partial charge in [0, 0.05) is 12.1 Å². The first-order chi connectivity index (χ1) is 8.74. The number of esters is 1. The van der Waals surface area contributed by atoms with Crippen molar-refractivity contribution >= 4 is 5.97 Å². The Labute approximate surface area is 107 Å². The van der Waals surface area contributed by atoms with Gasteiger partial charge in [0.2, 0.25) is 5.76 Å². The molecule has 0 spiro atoms. The lowest BCUT2D eigenvalue weighted by Gasteiger charge is -2.31. The van der Waals surface area contributed by atoms with Crippen LogP contribution in [-0.2, 0) is 11.3 Å². The van der Waals surface area contributed by atoms with Gasteiger partial charge in [-0.25, -0.2) is 4.79 Å². The molecule has 2 rings (SSSR count). The average Bonchev–Trinajstić information content (AvgIpc) is 2.87. The smallest absolute Gasteiger partial charge is 0.374 e. The van der Waals surface area contributed by atoms with E-state index >= 15 is 0 Å². The van der Waals surface area contributed by atoms with Crippen LogP contribution in [0.4, 0.5) is 0 Å². The van der Waals surface area contributed by atoms with E-state index in [2.05, 4.69) is 4.90 Å². The summed E-state index contributed by atoms with van der Waals surface area (Å²) < 4.78 is 9.87. The van der Waals surface area contributed by atoms with Crippen LogP contribution in [0.1, 0.15) is 29.0 Å². The summed E-state index contributed by atoms with van der Waals surface area (Å²) in [6, 6.07) is 1.83. The van der Waals surface area contributed by atoms with Crippen LogP contribution < -0.4 is 5.73 Å². The fraction of sp³-hybridized carbons (Fsp3) is 0.615. The summed E-state index contributed by atoms with van der Waals surface area (Å²) in [5.41, 5.74) is 6.57. The molecule has 1 aliphatic heterocycles. The van der Waals surface area contributed by atoms with Crippen LogP contribution in [0.25, 0.3) is 0 Å². The van der Waals surface area contributed by atoms with Gasteiger partial charge in [0.1, 0.15) is 0 Å². The molecule has 2 N–H and O–H groups in total. The molecule has 18 heavy (non-hydrogen) atoms. The second-order valence-corrected chi connectivity index (χ2v) is 4.72. The van der Waals surface area contributed by atoms with E-state index in [9.17, 15) is 4.79 Å². The lowest BCUT2D eigenvalue weighted by Crippen LogP contribution is -2.35. The Balaban J connectivity index is 1.94. The fourth-order valence-corrected chi connectivity index (χ4v) is 2.35. The molecular weight excluding hydrogens is 232 g/mol. The number of hydrogen-bond donors (Lipinski definition) is 1. The van der Waals surface area contributed by atoms with E-state index in [0.29, 0.717) is 11.7 Å². The molecule has 1 fully saturated rings. The van der Waals surface area contributed by atoms with Crippen LogP contribution in [0.5, 0.6) is 0 Å².